The van der Waals surface area contributed by atoms with E-state index in [9.17, 15) is 0 Å². The number of ether oxygens (including phenoxy) is 1. The summed E-state index contributed by atoms with van der Waals surface area (Å²) in [5.74, 6) is 2.39. The Bertz CT molecular complexity index is 723. The lowest BCUT2D eigenvalue weighted by Crippen LogP contribution is -2.46. The summed E-state index contributed by atoms with van der Waals surface area (Å²) < 4.78 is 5.53. The molecule has 1 aromatic rings. The Labute approximate surface area is 165 Å². The molecule has 0 N–H and O–H groups in total. The summed E-state index contributed by atoms with van der Waals surface area (Å²) in [6.45, 7) is 7.24. The zero-order valence-corrected chi connectivity index (χ0v) is 17.4. The van der Waals surface area contributed by atoms with E-state index in [0.717, 1.165) is 24.2 Å². The van der Waals surface area contributed by atoms with Crippen LogP contribution in [0.1, 0.15) is 64.9 Å². The van der Waals surface area contributed by atoms with Gasteiger partial charge in [-0.3, -0.25) is 4.98 Å². The van der Waals surface area contributed by atoms with Crippen molar-refractivity contribution in [2.45, 2.75) is 65.4 Å². The standard InChI is InChI=1S/C25H35NO/c1-18(27-4)11-14-24(2)13-5-8-20-22(24)12-15-25(3)21(9-10-23(20)25)19-7-6-16-26-17-19/h5-7,9,13,16-18,20,22-23H,8,10-12,14-15H2,1-4H3/t18-,20-,22+,23+,24-,25-/m1/s1. The monoisotopic (exact) mass is 365 g/mol. The van der Waals surface area contributed by atoms with Gasteiger partial charge in [0.1, 0.15) is 0 Å². The SMILES string of the molecule is CO[C@H](C)CC[C@@]1(C)C=CC[C@@H]2[C@@H]1CC[C@]1(C)C(c3cccnc3)=CC[C@@H]21. The van der Waals surface area contributed by atoms with Crippen LogP contribution in [0.3, 0.4) is 0 Å². The van der Waals surface area contributed by atoms with E-state index in [1.165, 1.54) is 37.7 Å². The van der Waals surface area contributed by atoms with Gasteiger partial charge in [-0.2, -0.15) is 0 Å². The molecule has 0 spiro atoms. The largest absolute Gasteiger partial charge is 0.382 e. The average Bonchev–Trinajstić information content (AvgIpc) is 3.04. The number of pyridine rings is 1. The van der Waals surface area contributed by atoms with E-state index in [1.807, 2.05) is 13.3 Å². The molecule has 146 valence electrons. The van der Waals surface area contributed by atoms with Gasteiger partial charge in [-0.15, -0.1) is 0 Å². The highest BCUT2D eigenvalue weighted by molar-refractivity contribution is 5.72. The lowest BCUT2D eigenvalue weighted by molar-refractivity contribution is -0.00377. The first kappa shape index (κ1) is 18.9. The summed E-state index contributed by atoms with van der Waals surface area (Å²) in [6, 6.07) is 4.32. The highest BCUT2D eigenvalue weighted by Gasteiger charge is 2.54. The number of allylic oxidation sites excluding steroid dienone is 4. The van der Waals surface area contributed by atoms with Gasteiger partial charge in [-0.05, 0) is 91.2 Å². The van der Waals surface area contributed by atoms with Crippen molar-refractivity contribution in [1.82, 2.24) is 4.98 Å². The van der Waals surface area contributed by atoms with Crippen molar-refractivity contribution in [3.63, 3.8) is 0 Å². The van der Waals surface area contributed by atoms with Crippen molar-refractivity contribution in [2.24, 2.45) is 28.6 Å². The topological polar surface area (TPSA) is 22.1 Å². The van der Waals surface area contributed by atoms with Gasteiger partial charge in [0.05, 0.1) is 6.10 Å². The highest BCUT2D eigenvalue weighted by Crippen LogP contribution is 2.64. The fraction of sp³-hybridized carbons (Fsp3) is 0.640. The van der Waals surface area contributed by atoms with Crippen molar-refractivity contribution in [1.29, 1.82) is 0 Å². The summed E-state index contributed by atoms with van der Waals surface area (Å²) in [5, 5.41) is 0. The van der Waals surface area contributed by atoms with Crippen LogP contribution in [-0.4, -0.2) is 18.2 Å². The van der Waals surface area contributed by atoms with Gasteiger partial charge >= 0.3 is 0 Å². The molecule has 0 radical (unpaired) electrons. The van der Waals surface area contributed by atoms with Crippen LogP contribution >= 0.6 is 0 Å². The number of nitrogens with zero attached hydrogens (tertiary/aromatic N) is 1. The molecule has 0 unspecified atom stereocenters. The van der Waals surface area contributed by atoms with Crippen molar-refractivity contribution in [3.05, 3.63) is 48.3 Å². The molecule has 1 heterocycles. The number of hydrogen-bond donors (Lipinski definition) is 0. The summed E-state index contributed by atoms with van der Waals surface area (Å²) in [7, 11) is 1.84. The van der Waals surface area contributed by atoms with Crippen molar-refractivity contribution >= 4 is 5.57 Å². The summed E-state index contributed by atoms with van der Waals surface area (Å²) in [4.78, 5) is 4.39. The molecule has 2 nitrogen and oxygen atoms in total. The average molecular weight is 366 g/mol. The third-order valence-electron chi connectivity index (χ3n) is 8.24. The molecule has 0 saturated heterocycles. The van der Waals surface area contributed by atoms with Gasteiger partial charge in [-0.25, -0.2) is 0 Å². The Morgan fingerprint density at radius 2 is 2.11 bits per heavy atom. The lowest BCUT2D eigenvalue weighted by atomic mass is 9.50. The van der Waals surface area contributed by atoms with E-state index in [4.69, 9.17) is 4.74 Å². The molecule has 3 aliphatic carbocycles. The molecule has 0 bridgehead atoms. The second-order valence-corrected chi connectivity index (χ2v) is 9.66. The van der Waals surface area contributed by atoms with Crippen LogP contribution in [-0.2, 0) is 4.74 Å². The number of hydrogen-bond acceptors (Lipinski definition) is 2. The van der Waals surface area contributed by atoms with Gasteiger partial charge in [0.15, 0.2) is 0 Å². The number of fused-ring (bicyclic) bond motifs is 3. The first-order chi connectivity index (χ1) is 13.0. The number of methoxy groups -OCH3 is 1. The third kappa shape index (κ3) is 3.20. The van der Waals surface area contributed by atoms with E-state index in [-0.39, 0.29) is 0 Å². The van der Waals surface area contributed by atoms with Crippen LogP contribution in [0.2, 0.25) is 0 Å². The number of aromatic nitrogens is 1. The molecule has 6 atom stereocenters. The zero-order chi connectivity index (χ0) is 19.1. The van der Waals surface area contributed by atoms with Gasteiger partial charge in [0.25, 0.3) is 0 Å². The maximum absolute atomic E-state index is 5.53. The normalized spacial score (nSPS) is 38.8. The van der Waals surface area contributed by atoms with Crippen LogP contribution in [0.4, 0.5) is 0 Å². The smallest absolute Gasteiger partial charge is 0.0543 e. The lowest BCUT2D eigenvalue weighted by Gasteiger charge is -2.54. The van der Waals surface area contributed by atoms with E-state index in [1.54, 1.807) is 5.57 Å². The van der Waals surface area contributed by atoms with Crippen LogP contribution in [0.15, 0.2) is 42.8 Å². The molecular formula is C25H35NO. The fourth-order valence-electron chi connectivity index (χ4n) is 6.49. The van der Waals surface area contributed by atoms with E-state index in [2.05, 4.69) is 62.3 Å². The first-order valence-corrected chi connectivity index (χ1v) is 10.8. The Morgan fingerprint density at radius 1 is 1.26 bits per heavy atom. The van der Waals surface area contributed by atoms with Gasteiger partial charge in [-0.1, -0.05) is 38.1 Å². The fourth-order valence-corrected chi connectivity index (χ4v) is 6.49. The minimum atomic E-state index is 0.316. The van der Waals surface area contributed by atoms with Gasteiger partial charge in [0.2, 0.25) is 0 Å². The molecule has 1 saturated carbocycles. The Morgan fingerprint density at radius 3 is 2.85 bits per heavy atom. The molecule has 2 heteroatoms. The maximum atomic E-state index is 5.53. The minimum absolute atomic E-state index is 0.316. The summed E-state index contributed by atoms with van der Waals surface area (Å²) in [5.41, 5.74) is 3.54. The molecule has 1 aromatic heterocycles. The Hall–Kier alpha value is -1.41. The van der Waals surface area contributed by atoms with E-state index >= 15 is 0 Å². The number of rotatable bonds is 5. The third-order valence-corrected chi connectivity index (χ3v) is 8.24. The predicted molar refractivity (Wildman–Crippen MR) is 112 cm³/mol. The second-order valence-electron chi connectivity index (χ2n) is 9.66. The molecule has 1 fully saturated rings. The molecule has 4 rings (SSSR count). The van der Waals surface area contributed by atoms with Crippen LogP contribution in [0, 0.1) is 28.6 Å². The molecule has 0 aromatic carbocycles. The van der Waals surface area contributed by atoms with Gasteiger partial charge in [0, 0.05) is 19.5 Å². The van der Waals surface area contributed by atoms with Crippen molar-refractivity contribution < 1.29 is 4.74 Å². The second kappa shape index (κ2) is 7.20. The van der Waals surface area contributed by atoms with E-state index < -0.39 is 0 Å². The molecule has 0 aliphatic heterocycles. The summed E-state index contributed by atoms with van der Waals surface area (Å²) >= 11 is 0. The molecule has 27 heavy (non-hydrogen) atoms. The van der Waals surface area contributed by atoms with Crippen molar-refractivity contribution in [3.8, 4) is 0 Å². The predicted octanol–water partition coefficient (Wildman–Crippen LogP) is 6.30. The highest BCUT2D eigenvalue weighted by atomic mass is 16.5. The Balaban J connectivity index is 1.56. The van der Waals surface area contributed by atoms with Gasteiger partial charge < -0.3 is 4.74 Å². The van der Waals surface area contributed by atoms with E-state index in [0.29, 0.717) is 16.9 Å². The molecule has 3 aliphatic rings. The Kier molecular flexibility index (Phi) is 5.05. The first-order valence-electron chi connectivity index (χ1n) is 10.8. The zero-order valence-electron chi connectivity index (χ0n) is 17.4. The molecule has 0 amide bonds. The van der Waals surface area contributed by atoms with Crippen molar-refractivity contribution in [2.75, 3.05) is 7.11 Å². The van der Waals surface area contributed by atoms with Crippen LogP contribution in [0.5, 0.6) is 0 Å². The maximum Gasteiger partial charge on any atom is 0.0543 e. The van der Waals surface area contributed by atoms with Crippen LogP contribution in [0.25, 0.3) is 5.57 Å². The minimum Gasteiger partial charge on any atom is -0.382 e. The quantitative estimate of drug-likeness (QED) is 0.571. The molecular weight excluding hydrogens is 330 g/mol. The summed E-state index contributed by atoms with van der Waals surface area (Å²) in [6.07, 6.45) is 19.4. The van der Waals surface area contributed by atoms with Crippen LogP contribution < -0.4 is 0 Å².